The van der Waals surface area contributed by atoms with Crippen LogP contribution in [0.1, 0.15) is 11.1 Å². The van der Waals surface area contributed by atoms with Gasteiger partial charge >= 0.3 is 0 Å². The van der Waals surface area contributed by atoms with Crippen LogP contribution in [0.5, 0.6) is 0 Å². The van der Waals surface area contributed by atoms with Gasteiger partial charge in [0.15, 0.2) is 0 Å². The van der Waals surface area contributed by atoms with Crippen molar-refractivity contribution < 1.29 is 17.9 Å². The van der Waals surface area contributed by atoms with Gasteiger partial charge in [0.05, 0.1) is 30.8 Å². The molecule has 0 aliphatic carbocycles. The van der Waals surface area contributed by atoms with E-state index in [1.54, 1.807) is 18.2 Å². The Morgan fingerprint density at radius 2 is 2.20 bits per heavy atom. The van der Waals surface area contributed by atoms with E-state index in [0.717, 1.165) is 11.1 Å². The molecule has 1 fully saturated rings. The van der Waals surface area contributed by atoms with Gasteiger partial charge in [0.25, 0.3) is 0 Å². The first-order valence-corrected chi connectivity index (χ1v) is 8.00. The van der Waals surface area contributed by atoms with Gasteiger partial charge in [-0.2, -0.15) is 0 Å². The molecule has 0 radical (unpaired) electrons. The Morgan fingerprint density at radius 1 is 1.40 bits per heavy atom. The van der Waals surface area contributed by atoms with E-state index in [9.17, 15) is 8.42 Å². The molecular formula is C13H20N2O4S. The van der Waals surface area contributed by atoms with Gasteiger partial charge in [0.2, 0.25) is 10.0 Å². The first kappa shape index (κ1) is 15.4. The molecule has 1 aromatic rings. The number of ether oxygens (including phenoxy) is 2. The monoisotopic (exact) mass is 300 g/mol. The number of benzene rings is 1. The molecule has 1 atom stereocenters. The molecule has 20 heavy (non-hydrogen) atoms. The quantitative estimate of drug-likeness (QED) is 0.807. The highest BCUT2D eigenvalue weighted by atomic mass is 32.2. The molecule has 0 aromatic heterocycles. The third kappa shape index (κ3) is 3.77. The third-order valence-electron chi connectivity index (χ3n) is 3.23. The van der Waals surface area contributed by atoms with E-state index in [2.05, 4.69) is 4.72 Å². The normalized spacial score (nSPS) is 20.0. The number of rotatable bonds is 5. The summed E-state index contributed by atoms with van der Waals surface area (Å²) in [6, 6.07) is 4.93. The Labute approximate surface area is 119 Å². The lowest BCUT2D eigenvalue weighted by atomic mass is 10.1. The first-order chi connectivity index (χ1) is 9.53. The van der Waals surface area contributed by atoms with Crippen molar-refractivity contribution in [2.24, 2.45) is 5.73 Å². The minimum Gasteiger partial charge on any atom is -0.376 e. The summed E-state index contributed by atoms with van der Waals surface area (Å²) in [6.07, 6.45) is -0.233. The van der Waals surface area contributed by atoms with E-state index in [1.807, 2.05) is 6.92 Å². The maximum absolute atomic E-state index is 12.2. The van der Waals surface area contributed by atoms with Gasteiger partial charge in [0, 0.05) is 13.1 Å². The van der Waals surface area contributed by atoms with Gasteiger partial charge in [-0.15, -0.1) is 0 Å². The van der Waals surface area contributed by atoms with Crippen LogP contribution < -0.4 is 10.5 Å². The standard InChI is InChI=1S/C13H20N2O4S/c1-10-6-13(3-2-11(10)7-14)20(16,17)15-8-12-9-18-4-5-19-12/h2-3,6,12,15H,4-5,7-9,14H2,1H3. The van der Waals surface area contributed by atoms with Gasteiger partial charge in [0.1, 0.15) is 0 Å². The van der Waals surface area contributed by atoms with Gasteiger partial charge < -0.3 is 15.2 Å². The molecule has 1 aliphatic rings. The van der Waals surface area contributed by atoms with Crippen LogP contribution in [0.4, 0.5) is 0 Å². The van der Waals surface area contributed by atoms with Crippen LogP contribution in [0.25, 0.3) is 0 Å². The molecule has 1 saturated heterocycles. The molecule has 3 N–H and O–H groups in total. The molecule has 112 valence electrons. The predicted octanol–water partition coefficient (Wildman–Crippen LogP) is 0.147. The van der Waals surface area contributed by atoms with E-state index in [0.29, 0.717) is 26.4 Å². The van der Waals surface area contributed by atoms with E-state index >= 15 is 0 Å². The van der Waals surface area contributed by atoms with Crippen LogP contribution in [0, 0.1) is 6.92 Å². The highest BCUT2D eigenvalue weighted by Gasteiger charge is 2.20. The number of aryl methyl sites for hydroxylation is 1. The summed E-state index contributed by atoms with van der Waals surface area (Å²) in [5, 5.41) is 0. The van der Waals surface area contributed by atoms with Crippen molar-refractivity contribution in [1.29, 1.82) is 0 Å². The maximum atomic E-state index is 12.2. The Balaban J connectivity index is 2.04. The third-order valence-corrected chi connectivity index (χ3v) is 4.65. The van der Waals surface area contributed by atoms with Crippen LogP contribution in [-0.4, -0.2) is 40.9 Å². The fourth-order valence-corrected chi connectivity index (χ4v) is 3.16. The average molecular weight is 300 g/mol. The fraction of sp³-hybridized carbons (Fsp3) is 0.538. The average Bonchev–Trinajstić information content (AvgIpc) is 2.46. The highest BCUT2D eigenvalue weighted by Crippen LogP contribution is 2.15. The zero-order valence-electron chi connectivity index (χ0n) is 11.5. The zero-order valence-corrected chi connectivity index (χ0v) is 12.3. The topological polar surface area (TPSA) is 90.7 Å². The van der Waals surface area contributed by atoms with Crippen molar-refractivity contribution in [1.82, 2.24) is 4.72 Å². The number of hydrogen-bond acceptors (Lipinski definition) is 5. The lowest BCUT2D eigenvalue weighted by molar-refractivity contribution is -0.0846. The van der Waals surface area contributed by atoms with Crippen molar-refractivity contribution in [2.45, 2.75) is 24.5 Å². The summed E-state index contributed by atoms with van der Waals surface area (Å²) in [4.78, 5) is 0.240. The summed E-state index contributed by atoms with van der Waals surface area (Å²) >= 11 is 0. The van der Waals surface area contributed by atoms with Gasteiger partial charge in [-0.25, -0.2) is 13.1 Å². The Morgan fingerprint density at radius 3 is 2.80 bits per heavy atom. The van der Waals surface area contributed by atoms with Gasteiger partial charge in [-0.3, -0.25) is 0 Å². The van der Waals surface area contributed by atoms with Crippen LogP contribution in [0.3, 0.4) is 0 Å². The lowest BCUT2D eigenvalue weighted by Crippen LogP contribution is -2.39. The number of hydrogen-bond donors (Lipinski definition) is 2. The van der Waals surface area contributed by atoms with E-state index < -0.39 is 10.0 Å². The summed E-state index contributed by atoms with van der Waals surface area (Å²) < 4.78 is 37.6. The highest BCUT2D eigenvalue weighted by molar-refractivity contribution is 7.89. The molecule has 7 heteroatoms. The number of sulfonamides is 1. The molecular weight excluding hydrogens is 280 g/mol. The number of nitrogens with one attached hydrogen (secondary N) is 1. The summed E-state index contributed by atoms with van der Waals surface area (Å²) in [5.74, 6) is 0. The lowest BCUT2D eigenvalue weighted by Gasteiger charge is -2.23. The molecule has 0 amide bonds. The van der Waals surface area contributed by atoms with Crippen LogP contribution in [0.15, 0.2) is 23.1 Å². The summed E-state index contributed by atoms with van der Waals surface area (Å²) in [5.41, 5.74) is 7.38. The molecule has 0 bridgehead atoms. The summed E-state index contributed by atoms with van der Waals surface area (Å²) in [6.45, 7) is 3.92. The molecule has 2 rings (SSSR count). The molecule has 6 nitrogen and oxygen atoms in total. The largest absolute Gasteiger partial charge is 0.376 e. The second kappa shape index (κ2) is 6.64. The predicted molar refractivity (Wildman–Crippen MR) is 74.8 cm³/mol. The SMILES string of the molecule is Cc1cc(S(=O)(=O)NCC2COCCO2)ccc1CN. The van der Waals surface area contributed by atoms with Crippen LogP contribution >= 0.6 is 0 Å². The van der Waals surface area contributed by atoms with Crippen molar-refractivity contribution in [3.05, 3.63) is 29.3 Å². The van der Waals surface area contributed by atoms with E-state index in [4.69, 9.17) is 15.2 Å². The summed E-state index contributed by atoms with van der Waals surface area (Å²) in [7, 11) is -3.53. The van der Waals surface area contributed by atoms with Gasteiger partial charge in [-0.05, 0) is 30.2 Å². The maximum Gasteiger partial charge on any atom is 0.240 e. The van der Waals surface area contributed by atoms with Gasteiger partial charge in [-0.1, -0.05) is 6.07 Å². The Kier molecular flexibility index (Phi) is 5.11. The smallest absolute Gasteiger partial charge is 0.240 e. The molecule has 1 unspecified atom stereocenters. The van der Waals surface area contributed by atoms with Crippen molar-refractivity contribution >= 4 is 10.0 Å². The fourth-order valence-electron chi connectivity index (χ4n) is 2.00. The van der Waals surface area contributed by atoms with Crippen LogP contribution in [-0.2, 0) is 26.0 Å². The minimum atomic E-state index is -3.53. The van der Waals surface area contributed by atoms with E-state index in [1.165, 1.54) is 0 Å². The molecule has 1 aromatic carbocycles. The zero-order chi connectivity index (χ0) is 14.6. The molecule has 0 spiro atoms. The molecule has 0 saturated carbocycles. The van der Waals surface area contributed by atoms with E-state index in [-0.39, 0.29) is 17.5 Å². The van der Waals surface area contributed by atoms with Crippen molar-refractivity contribution in [2.75, 3.05) is 26.4 Å². The molecule has 1 aliphatic heterocycles. The first-order valence-electron chi connectivity index (χ1n) is 6.51. The second-order valence-electron chi connectivity index (χ2n) is 4.71. The van der Waals surface area contributed by atoms with Crippen LogP contribution in [0.2, 0.25) is 0 Å². The van der Waals surface area contributed by atoms with Crippen molar-refractivity contribution in [3.63, 3.8) is 0 Å². The molecule has 1 heterocycles. The second-order valence-corrected chi connectivity index (χ2v) is 6.48. The number of nitrogens with two attached hydrogens (primary N) is 1. The minimum absolute atomic E-state index is 0.208. The Hall–Kier alpha value is -0.990. The Bertz CT molecular complexity index is 553. The van der Waals surface area contributed by atoms with Crippen molar-refractivity contribution in [3.8, 4) is 0 Å².